The van der Waals surface area contributed by atoms with Crippen molar-refractivity contribution in [1.29, 1.82) is 0 Å². The van der Waals surface area contributed by atoms with Gasteiger partial charge in [-0.05, 0) is 18.6 Å². The molecule has 18 heavy (non-hydrogen) atoms. The smallest absolute Gasteiger partial charge is 0.123 e. The summed E-state index contributed by atoms with van der Waals surface area (Å²) in [5.41, 5.74) is 13.8. The molecule has 0 fully saturated rings. The lowest BCUT2D eigenvalue weighted by atomic mass is 10.1. The molecule has 1 aliphatic rings. The van der Waals surface area contributed by atoms with E-state index in [2.05, 4.69) is 30.0 Å². The lowest BCUT2D eigenvalue weighted by Crippen LogP contribution is -2.40. The van der Waals surface area contributed by atoms with Gasteiger partial charge in [0, 0.05) is 39.1 Å². The first-order valence-corrected chi connectivity index (χ1v) is 6.61. The van der Waals surface area contributed by atoms with E-state index in [0.717, 1.165) is 31.8 Å². The number of hydrogen-bond donors (Lipinski definition) is 2. The van der Waals surface area contributed by atoms with Crippen LogP contribution in [0.2, 0.25) is 0 Å². The number of rotatable bonds is 6. The average Bonchev–Trinajstić information content (AvgIpc) is 2.71. The summed E-state index contributed by atoms with van der Waals surface area (Å²) in [7, 11) is 0. The molecule has 4 nitrogen and oxygen atoms in total. The predicted molar refractivity (Wildman–Crippen MR) is 73.8 cm³/mol. The van der Waals surface area contributed by atoms with Crippen LogP contribution >= 0.6 is 0 Å². The van der Waals surface area contributed by atoms with Crippen molar-refractivity contribution in [3.05, 3.63) is 29.3 Å². The summed E-state index contributed by atoms with van der Waals surface area (Å²) in [6.45, 7) is 6.11. The van der Waals surface area contributed by atoms with Gasteiger partial charge < -0.3 is 16.2 Å². The Balaban J connectivity index is 1.93. The molecule has 0 saturated carbocycles. The van der Waals surface area contributed by atoms with Crippen molar-refractivity contribution in [3.8, 4) is 5.75 Å². The number of aryl methyl sites for hydroxylation is 1. The van der Waals surface area contributed by atoms with E-state index in [1.807, 2.05) is 0 Å². The van der Waals surface area contributed by atoms with E-state index in [4.69, 9.17) is 16.2 Å². The minimum atomic E-state index is 0.236. The topological polar surface area (TPSA) is 64.5 Å². The molecule has 0 saturated heterocycles. The van der Waals surface area contributed by atoms with Crippen LogP contribution in [-0.4, -0.2) is 43.7 Å². The van der Waals surface area contributed by atoms with Crippen molar-refractivity contribution >= 4 is 0 Å². The second-order valence-corrected chi connectivity index (χ2v) is 4.93. The van der Waals surface area contributed by atoms with Gasteiger partial charge in [-0.15, -0.1) is 0 Å². The van der Waals surface area contributed by atoms with Crippen LogP contribution in [0.15, 0.2) is 18.2 Å². The molecule has 0 amide bonds. The number of nitrogens with two attached hydrogens (primary N) is 2. The van der Waals surface area contributed by atoms with E-state index in [1.165, 1.54) is 11.1 Å². The third kappa shape index (κ3) is 3.22. The number of nitrogens with zero attached hydrogens (tertiary/aromatic N) is 1. The molecule has 1 heterocycles. The van der Waals surface area contributed by atoms with Crippen molar-refractivity contribution in [2.45, 2.75) is 19.4 Å². The molecule has 4 N–H and O–H groups in total. The summed E-state index contributed by atoms with van der Waals surface area (Å²) >= 11 is 0. The molecule has 1 aromatic carbocycles. The third-order valence-corrected chi connectivity index (χ3v) is 3.31. The standard InChI is InChI=1S/C14H23N3O/c1-11-2-3-14-12(8-11)9-13(18-14)10-17(6-4-15)7-5-16/h2-3,8,13H,4-7,9-10,15-16H2,1H3. The van der Waals surface area contributed by atoms with Crippen LogP contribution in [0.3, 0.4) is 0 Å². The number of hydrogen-bond acceptors (Lipinski definition) is 4. The SMILES string of the molecule is Cc1ccc2c(c1)CC(CN(CCN)CCN)O2. The monoisotopic (exact) mass is 249 g/mol. The Morgan fingerprint density at radius 3 is 2.67 bits per heavy atom. The molecular formula is C14H23N3O. The summed E-state index contributed by atoms with van der Waals surface area (Å²) in [6.07, 6.45) is 1.22. The maximum atomic E-state index is 5.96. The summed E-state index contributed by atoms with van der Waals surface area (Å²) < 4.78 is 5.96. The second kappa shape index (κ2) is 6.18. The largest absolute Gasteiger partial charge is 0.488 e. The van der Waals surface area contributed by atoms with Gasteiger partial charge in [-0.2, -0.15) is 0 Å². The highest BCUT2D eigenvalue weighted by atomic mass is 16.5. The van der Waals surface area contributed by atoms with Crippen molar-refractivity contribution in [1.82, 2.24) is 4.90 Å². The fourth-order valence-electron chi connectivity index (χ4n) is 2.50. The van der Waals surface area contributed by atoms with E-state index in [1.54, 1.807) is 0 Å². The van der Waals surface area contributed by atoms with Crippen LogP contribution in [0.25, 0.3) is 0 Å². The zero-order chi connectivity index (χ0) is 13.0. The van der Waals surface area contributed by atoms with Crippen LogP contribution in [0.5, 0.6) is 5.75 Å². The molecule has 1 atom stereocenters. The van der Waals surface area contributed by atoms with Crippen molar-refractivity contribution in [2.75, 3.05) is 32.7 Å². The second-order valence-electron chi connectivity index (χ2n) is 4.93. The molecule has 4 heteroatoms. The van der Waals surface area contributed by atoms with Gasteiger partial charge in [-0.1, -0.05) is 17.7 Å². The first-order valence-electron chi connectivity index (χ1n) is 6.61. The van der Waals surface area contributed by atoms with Crippen LogP contribution in [0, 0.1) is 6.92 Å². The summed E-state index contributed by atoms with van der Waals surface area (Å²) in [4.78, 5) is 2.28. The highest BCUT2D eigenvalue weighted by Gasteiger charge is 2.24. The van der Waals surface area contributed by atoms with E-state index in [9.17, 15) is 0 Å². The molecule has 0 radical (unpaired) electrons. The minimum absolute atomic E-state index is 0.236. The van der Waals surface area contributed by atoms with Gasteiger partial charge in [0.25, 0.3) is 0 Å². The molecule has 0 aliphatic carbocycles. The molecule has 1 unspecified atom stereocenters. The molecule has 100 valence electrons. The van der Waals surface area contributed by atoms with Crippen LogP contribution < -0.4 is 16.2 Å². The normalized spacial score (nSPS) is 17.9. The van der Waals surface area contributed by atoms with Gasteiger partial charge in [0.15, 0.2) is 0 Å². The van der Waals surface area contributed by atoms with Gasteiger partial charge >= 0.3 is 0 Å². The molecule has 2 rings (SSSR count). The van der Waals surface area contributed by atoms with Crippen LogP contribution in [-0.2, 0) is 6.42 Å². The zero-order valence-electron chi connectivity index (χ0n) is 11.1. The van der Waals surface area contributed by atoms with Gasteiger partial charge in [0.05, 0.1) is 0 Å². The summed E-state index contributed by atoms with van der Waals surface area (Å²) in [6, 6.07) is 6.38. The van der Waals surface area contributed by atoms with E-state index in [0.29, 0.717) is 13.1 Å². The molecule has 0 bridgehead atoms. The highest BCUT2D eigenvalue weighted by Crippen LogP contribution is 2.29. The van der Waals surface area contributed by atoms with Gasteiger partial charge in [-0.25, -0.2) is 0 Å². The Kier molecular flexibility index (Phi) is 4.58. The Morgan fingerprint density at radius 2 is 2.00 bits per heavy atom. The predicted octanol–water partition coefficient (Wildman–Crippen LogP) is 0.518. The first-order chi connectivity index (χ1) is 8.72. The maximum absolute atomic E-state index is 5.96. The summed E-state index contributed by atoms with van der Waals surface area (Å²) in [5.74, 6) is 1.03. The van der Waals surface area contributed by atoms with Crippen LogP contribution in [0.4, 0.5) is 0 Å². The molecule has 1 aromatic rings. The quantitative estimate of drug-likeness (QED) is 0.771. The fraction of sp³-hybridized carbons (Fsp3) is 0.571. The van der Waals surface area contributed by atoms with E-state index < -0.39 is 0 Å². The van der Waals surface area contributed by atoms with Crippen molar-refractivity contribution < 1.29 is 4.74 Å². The molecule has 0 spiro atoms. The molecule has 0 aromatic heterocycles. The average molecular weight is 249 g/mol. The van der Waals surface area contributed by atoms with Crippen LogP contribution in [0.1, 0.15) is 11.1 Å². The van der Waals surface area contributed by atoms with Crippen molar-refractivity contribution in [2.24, 2.45) is 11.5 Å². The number of ether oxygens (including phenoxy) is 1. The maximum Gasteiger partial charge on any atom is 0.123 e. The number of fused-ring (bicyclic) bond motifs is 1. The van der Waals surface area contributed by atoms with Gasteiger partial charge in [-0.3, -0.25) is 4.90 Å². The Labute approximate surface area is 109 Å². The van der Waals surface area contributed by atoms with Crippen molar-refractivity contribution in [3.63, 3.8) is 0 Å². The van der Waals surface area contributed by atoms with Gasteiger partial charge in [0.2, 0.25) is 0 Å². The third-order valence-electron chi connectivity index (χ3n) is 3.31. The zero-order valence-corrected chi connectivity index (χ0v) is 11.1. The highest BCUT2D eigenvalue weighted by molar-refractivity contribution is 5.40. The Bertz CT molecular complexity index is 389. The Morgan fingerprint density at radius 1 is 1.28 bits per heavy atom. The fourth-order valence-corrected chi connectivity index (χ4v) is 2.50. The van der Waals surface area contributed by atoms with Gasteiger partial charge in [0.1, 0.15) is 11.9 Å². The van der Waals surface area contributed by atoms with E-state index in [-0.39, 0.29) is 6.10 Å². The molecule has 1 aliphatic heterocycles. The number of benzene rings is 1. The minimum Gasteiger partial charge on any atom is -0.488 e. The first kappa shape index (κ1) is 13.3. The molecular weight excluding hydrogens is 226 g/mol. The van der Waals surface area contributed by atoms with E-state index >= 15 is 0 Å². The Hall–Kier alpha value is -1.10. The lowest BCUT2D eigenvalue weighted by molar-refractivity contribution is 0.155. The summed E-state index contributed by atoms with van der Waals surface area (Å²) in [5, 5.41) is 0. The lowest BCUT2D eigenvalue weighted by Gasteiger charge is -2.23.